The van der Waals surface area contributed by atoms with E-state index in [1.54, 1.807) is 18.4 Å². The zero-order valence-electron chi connectivity index (χ0n) is 11.9. The van der Waals surface area contributed by atoms with Crippen molar-refractivity contribution in [3.63, 3.8) is 0 Å². The molecule has 0 fully saturated rings. The molecule has 3 nitrogen and oxygen atoms in total. The van der Waals surface area contributed by atoms with Crippen molar-refractivity contribution in [1.29, 1.82) is 0 Å². The molecule has 1 N–H and O–H groups in total. The van der Waals surface area contributed by atoms with Crippen molar-refractivity contribution in [2.24, 2.45) is 0 Å². The lowest BCUT2D eigenvalue weighted by molar-refractivity contribution is 0.411. The van der Waals surface area contributed by atoms with Crippen LogP contribution in [0.5, 0.6) is 5.75 Å². The second kappa shape index (κ2) is 7.20. The highest BCUT2D eigenvalue weighted by atomic mass is 79.9. The van der Waals surface area contributed by atoms with Gasteiger partial charge in [0.1, 0.15) is 5.75 Å². The molecule has 5 heteroatoms. The van der Waals surface area contributed by atoms with Gasteiger partial charge in [0.05, 0.1) is 22.3 Å². The Morgan fingerprint density at radius 1 is 1.45 bits per heavy atom. The summed E-state index contributed by atoms with van der Waals surface area (Å²) in [5, 5.41) is 6.79. The number of hydrogen-bond acceptors (Lipinski definition) is 4. The van der Waals surface area contributed by atoms with Crippen LogP contribution < -0.4 is 10.1 Å². The van der Waals surface area contributed by atoms with Gasteiger partial charge < -0.3 is 10.1 Å². The summed E-state index contributed by atoms with van der Waals surface area (Å²) in [6, 6.07) is 6.48. The SMILES string of the molecule is COc1ccc(C(C)NCCc2csc(C)n2)cc1Br. The molecule has 0 amide bonds. The van der Waals surface area contributed by atoms with E-state index in [1.807, 2.05) is 13.0 Å². The lowest BCUT2D eigenvalue weighted by atomic mass is 10.1. The number of methoxy groups -OCH3 is 1. The number of halogens is 1. The maximum Gasteiger partial charge on any atom is 0.133 e. The molecule has 0 aliphatic rings. The Morgan fingerprint density at radius 3 is 2.85 bits per heavy atom. The molecular weight excluding hydrogens is 336 g/mol. The van der Waals surface area contributed by atoms with Crippen molar-refractivity contribution in [2.45, 2.75) is 26.3 Å². The monoisotopic (exact) mass is 354 g/mol. The van der Waals surface area contributed by atoms with E-state index in [-0.39, 0.29) is 0 Å². The van der Waals surface area contributed by atoms with Crippen molar-refractivity contribution in [3.05, 3.63) is 44.3 Å². The van der Waals surface area contributed by atoms with E-state index < -0.39 is 0 Å². The molecule has 1 unspecified atom stereocenters. The second-order valence-electron chi connectivity index (χ2n) is 4.68. The van der Waals surface area contributed by atoms with Crippen molar-refractivity contribution in [1.82, 2.24) is 10.3 Å². The summed E-state index contributed by atoms with van der Waals surface area (Å²) in [6.07, 6.45) is 0.964. The summed E-state index contributed by atoms with van der Waals surface area (Å²) < 4.78 is 6.23. The molecule has 108 valence electrons. The molecule has 0 radical (unpaired) electrons. The minimum Gasteiger partial charge on any atom is -0.496 e. The maximum absolute atomic E-state index is 5.25. The van der Waals surface area contributed by atoms with Gasteiger partial charge >= 0.3 is 0 Å². The van der Waals surface area contributed by atoms with Crippen LogP contribution in [-0.2, 0) is 6.42 Å². The first-order chi connectivity index (χ1) is 9.60. The van der Waals surface area contributed by atoms with Crippen LogP contribution in [0.4, 0.5) is 0 Å². The summed E-state index contributed by atoms with van der Waals surface area (Å²) >= 11 is 5.23. The third-order valence-corrected chi connectivity index (χ3v) is 4.62. The number of ether oxygens (including phenoxy) is 1. The van der Waals surface area contributed by atoms with Crippen LogP contribution in [0.1, 0.15) is 29.2 Å². The third kappa shape index (κ3) is 4.04. The standard InChI is InChI=1S/C15H19BrN2OS/c1-10(12-4-5-15(19-3)14(16)8-12)17-7-6-13-9-20-11(2)18-13/h4-5,8-10,17H,6-7H2,1-3H3. The Hall–Kier alpha value is -0.910. The number of aromatic nitrogens is 1. The molecule has 0 spiro atoms. The van der Waals surface area contributed by atoms with Crippen LogP contribution in [0.2, 0.25) is 0 Å². The van der Waals surface area contributed by atoms with Crippen molar-refractivity contribution in [3.8, 4) is 5.75 Å². The molecule has 1 heterocycles. The fourth-order valence-electron chi connectivity index (χ4n) is 2.01. The van der Waals surface area contributed by atoms with Crippen LogP contribution in [0.15, 0.2) is 28.1 Å². The molecule has 0 bridgehead atoms. The van der Waals surface area contributed by atoms with Crippen molar-refractivity contribution < 1.29 is 4.74 Å². The molecule has 0 saturated carbocycles. The Morgan fingerprint density at radius 2 is 2.25 bits per heavy atom. The highest BCUT2D eigenvalue weighted by Crippen LogP contribution is 2.27. The van der Waals surface area contributed by atoms with Crippen molar-refractivity contribution >= 4 is 27.3 Å². The van der Waals surface area contributed by atoms with Crippen LogP contribution in [0, 0.1) is 6.92 Å². The number of aryl methyl sites for hydroxylation is 1. The lowest BCUT2D eigenvalue weighted by Crippen LogP contribution is -2.21. The van der Waals surface area contributed by atoms with Crippen LogP contribution in [-0.4, -0.2) is 18.6 Å². The van der Waals surface area contributed by atoms with Gasteiger partial charge in [-0.3, -0.25) is 0 Å². The summed E-state index contributed by atoms with van der Waals surface area (Å²) in [4.78, 5) is 4.47. The quantitative estimate of drug-likeness (QED) is 0.847. The van der Waals surface area contributed by atoms with E-state index in [4.69, 9.17) is 4.74 Å². The van der Waals surface area contributed by atoms with Crippen LogP contribution in [0.3, 0.4) is 0 Å². The number of rotatable bonds is 6. The Bertz CT molecular complexity index is 571. The average molecular weight is 355 g/mol. The molecule has 0 aliphatic heterocycles. The number of benzene rings is 1. The molecule has 0 saturated heterocycles. The van der Waals surface area contributed by atoms with Gasteiger partial charge in [-0.15, -0.1) is 11.3 Å². The maximum atomic E-state index is 5.25. The molecule has 0 aliphatic carbocycles. The van der Waals surface area contributed by atoms with Gasteiger partial charge in [-0.05, 0) is 47.5 Å². The molecule has 20 heavy (non-hydrogen) atoms. The molecule has 2 aromatic rings. The largest absolute Gasteiger partial charge is 0.496 e. The Labute approximate surface area is 132 Å². The van der Waals surface area contributed by atoms with Gasteiger partial charge in [0, 0.05) is 24.4 Å². The predicted molar refractivity (Wildman–Crippen MR) is 87.7 cm³/mol. The summed E-state index contributed by atoms with van der Waals surface area (Å²) in [7, 11) is 1.68. The van der Waals surface area contributed by atoms with Gasteiger partial charge in [0.2, 0.25) is 0 Å². The first-order valence-corrected chi connectivity index (χ1v) is 8.25. The summed E-state index contributed by atoms with van der Waals surface area (Å²) in [6.45, 7) is 5.13. The lowest BCUT2D eigenvalue weighted by Gasteiger charge is -2.15. The van der Waals surface area contributed by atoms with Crippen LogP contribution >= 0.6 is 27.3 Å². The molecule has 2 rings (SSSR count). The average Bonchev–Trinajstić information content (AvgIpc) is 2.84. The fraction of sp³-hybridized carbons (Fsp3) is 0.400. The number of nitrogens with one attached hydrogen (secondary N) is 1. The molecule has 1 atom stereocenters. The minimum absolute atomic E-state index is 0.303. The molecule has 1 aromatic carbocycles. The van der Waals surface area contributed by atoms with E-state index in [0.29, 0.717) is 6.04 Å². The smallest absolute Gasteiger partial charge is 0.133 e. The number of hydrogen-bond donors (Lipinski definition) is 1. The van der Waals surface area contributed by atoms with E-state index in [9.17, 15) is 0 Å². The zero-order chi connectivity index (χ0) is 14.5. The van der Waals surface area contributed by atoms with E-state index in [2.05, 4.69) is 50.7 Å². The van der Waals surface area contributed by atoms with Crippen molar-refractivity contribution in [2.75, 3.05) is 13.7 Å². The summed E-state index contributed by atoms with van der Waals surface area (Å²) in [5.74, 6) is 0.860. The predicted octanol–water partition coefficient (Wildman–Crippen LogP) is 4.12. The third-order valence-electron chi connectivity index (χ3n) is 3.17. The molecule has 1 aromatic heterocycles. The Balaban J connectivity index is 1.88. The number of nitrogens with zero attached hydrogens (tertiary/aromatic N) is 1. The van der Waals surface area contributed by atoms with Gasteiger partial charge in [-0.25, -0.2) is 4.98 Å². The van der Waals surface area contributed by atoms with E-state index in [1.165, 1.54) is 11.3 Å². The highest BCUT2D eigenvalue weighted by molar-refractivity contribution is 9.10. The molecular formula is C15H19BrN2OS. The Kier molecular flexibility index (Phi) is 5.57. The van der Waals surface area contributed by atoms with Gasteiger partial charge in [0.25, 0.3) is 0 Å². The second-order valence-corrected chi connectivity index (χ2v) is 6.59. The number of thiazole rings is 1. The van der Waals surface area contributed by atoms with Crippen LogP contribution in [0.25, 0.3) is 0 Å². The van der Waals surface area contributed by atoms with E-state index >= 15 is 0 Å². The zero-order valence-corrected chi connectivity index (χ0v) is 14.3. The topological polar surface area (TPSA) is 34.1 Å². The normalized spacial score (nSPS) is 12.4. The van der Waals surface area contributed by atoms with Gasteiger partial charge in [-0.2, -0.15) is 0 Å². The first kappa shape index (κ1) is 15.5. The van der Waals surface area contributed by atoms with Gasteiger partial charge in [-0.1, -0.05) is 6.07 Å². The minimum atomic E-state index is 0.303. The van der Waals surface area contributed by atoms with Gasteiger partial charge in [0.15, 0.2) is 0 Å². The first-order valence-electron chi connectivity index (χ1n) is 6.58. The fourth-order valence-corrected chi connectivity index (χ4v) is 3.22. The van der Waals surface area contributed by atoms with E-state index in [0.717, 1.165) is 28.2 Å². The highest BCUT2D eigenvalue weighted by Gasteiger charge is 2.08. The summed E-state index contributed by atoms with van der Waals surface area (Å²) in [5.41, 5.74) is 2.41.